The maximum Gasteiger partial charge on any atom is 0.407 e. The van der Waals surface area contributed by atoms with Gasteiger partial charge in [-0.3, -0.25) is 9.59 Å². The molecule has 7 heteroatoms. The van der Waals surface area contributed by atoms with Crippen molar-refractivity contribution in [2.75, 3.05) is 13.2 Å². The number of nitrogens with zero attached hydrogens (tertiary/aromatic N) is 1. The summed E-state index contributed by atoms with van der Waals surface area (Å²) in [6, 6.07) is 25.0. The number of hydrogen-bond donors (Lipinski definition) is 2. The molecule has 0 saturated carbocycles. The van der Waals surface area contributed by atoms with Crippen LogP contribution in [0.25, 0.3) is 11.1 Å². The average molecular weight is 487 g/mol. The molecule has 0 heterocycles. The molecule has 0 aliphatic heterocycles. The van der Waals surface area contributed by atoms with Gasteiger partial charge in [-0.15, -0.1) is 0 Å². The Morgan fingerprint density at radius 1 is 0.917 bits per heavy atom. The monoisotopic (exact) mass is 486 g/mol. The summed E-state index contributed by atoms with van der Waals surface area (Å²) >= 11 is 0. The number of hydrogen-bond acceptors (Lipinski definition) is 4. The maximum atomic E-state index is 12.9. The van der Waals surface area contributed by atoms with Gasteiger partial charge in [-0.05, 0) is 34.2 Å². The maximum absolute atomic E-state index is 12.9. The van der Waals surface area contributed by atoms with Crippen LogP contribution in [0, 0.1) is 0 Å². The van der Waals surface area contributed by atoms with Crippen LogP contribution >= 0.6 is 0 Å². The zero-order valence-corrected chi connectivity index (χ0v) is 20.2. The molecule has 4 rings (SSSR count). The van der Waals surface area contributed by atoms with Crippen LogP contribution in [-0.4, -0.2) is 47.2 Å². The summed E-state index contributed by atoms with van der Waals surface area (Å²) in [7, 11) is 0. The number of benzene rings is 3. The summed E-state index contributed by atoms with van der Waals surface area (Å²) < 4.78 is 5.61. The quantitative estimate of drug-likeness (QED) is 0.429. The van der Waals surface area contributed by atoms with Gasteiger partial charge in [0.15, 0.2) is 0 Å². The predicted octanol–water partition coefficient (Wildman–Crippen LogP) is 4.81. The van der Waals surface area contributed by atoms with Crippen molar-refractivity contribution >= 4 is 18.0 Å². The number of carbonyl (C=O) groups excluding carboxylic acids is 2. The van der Waals surface area contributed by atoms with Gasteiger partial charge in [0.25, 0.3) is 0 Å². The molecule has 0 fully saturated rings. The van der Waals surface area contributed by atoms with E-state index in [4.69, 9.17) is 4.74 Å². The SMILES string of the molecule is CC[C@H](CC(=O)N(CC(=O)O)Cc1ccccc1)NC(=O)OCC1c2ccccc2-c2ccccc21. The molecular weight excluding hydrogens is 456 g/mol. The van der Waals surface area contributed by atoms with Crippen LogP contribution in [0.5, 0.6) is 0 Å². The van der Waals surface area contributed by atoms with Crippen LogP contribution < -0.4 is 5.32 Å². The van der Waals surface area contributed by atoms with Crippen molar-refractivity contribution in [2.45, 2.75) is 38.3 Å². The number of carbonyl (C=O) groups is 3. The fourth-order valence-corrected chi connectivity index (χ4v) is 4.64. The van der Waals surface area contributed by atoms with Crippen molar-refractivity contribution in [1.82, 2.24) is 10.2 Å². The molecule has 7 nitrogen and oxygen atoms in total. The Labute approximate surface area is 210 Å². The summed E-state index contributed by atoms with van der Waals surface area (Å²) in [5, 5.41) is 12.1. The second kappa shape index (κ2) is 11.5. The smallest absolute Gasteiger partial charge is 0.407 e. The molecule has 186 valence electrons. The zero-order valence-electron chi connectivity index (χ0n) is 20.2. The Morgan fingerprint density at radius 3 is 2.08 bits per heavy atom. The Kier molecular flexibility index (Phi) is 8.00. The fourth-order valence-electron chi connectivity index (χ4n) is 4.64. The van der Waals surface area contributed by atoms with E-state index < -0.39 is 24.6 Å². The predicted molar refractivity (Wildman–Crippen MR) is 136 cm³/mol. The van der Waals surface area contributed by atoms with Gasteiger partial charge in [0, 0.05) is 24.9 Å². The molecule has 0 saturated heterocycles. The van der Waals surface area contributed by atoms with Crippen molar-refractivity contribution in [1.29, 1.82) is 0 Å². The number of carboxylic acid groups (broad SMARTS) is 1. The molecule has 0 aromatic heterocycles. The average Bonchev–Trinajstić information content (AvgIpc) is 3.20. The second-order valence-corrected chi connectivity index (χ2v) is 8.91. The first-order valence-electron chi connectivity index (χ1n) is 12.1. The van der Waals surface area contributed by atoms with Gasteiger partial charge in [-0.1, -0.05) is 85.8 Å². The number of alkyl carbamates (subject to hydrolysis) is 1. The number of amides is 2. The van der Waals surface area contributed by atoms with Gasteiger partial charge >= 0.3 is 12.1 Å². The van der Waals surface area contributed by atoms with E-state index in [1.807, 2.05) is 61.5 Å². The minimum atomic E-state index is -1.09. The number of aliphatic carboxylic acids is 1. The van der Waals surface area contributed by atoms with Crippen LogP contribution in [0.4, 0.5) is 4.79 Å². The lowest BCUT2D eigenvalue weighted by molar-refractivity contribution is -0.145. The van der Waals surface area contributed by atoms with E-state index in [1.54, 1.807) is 0 Å². The Morgan fingerprint density at radius 2 is 1.50 bits per heavy atom. The van der Waals surface area contributed by atoms with Gasteiger partial charge in [0.1, 0.15) is 13.2 Å². The number of carboxylic acids is 1. The molecular formula is C29H30N2O5. The summed E-state index contributed by atoms with van der Waals surface area (Å²) in [5.74, 6) is -1.48. The number of ether oxygens (including phenoxy) is 1. The van der Waals surface area contributed by atoms with Crippen LogP contribution in [0.1, 0.15) is 42.4 Å². The molecule has 0 radical (unpaired) electrons. The lowest BCUT2D eigenvalue weighted by Crippen LogP contribution is -2.42. The Hall–Kier alpha value is -4.13. The number of rotatable bonds is 10. The van der Waals surface area contributed by atoms with Gasteiger partial charge in [-0.25, -0.2) is 4.79 Å². The topological polar surface area (TPSA) is 95.9 Å². The third-order valence-electron chi connectivity index (χ3n) is 6.47. The molecule has 1 aliphatic rings. The van der Waals surface area contributed by atoms with E-state index >= 15 is 0 Å². The Bertz CT molecular complexity index is 1180. The van der Waals surface area contributed by atoms with E-state index in [1.165, 1.54) is 4.90 Å². The molecule has 2 N–H and O–H groups in total. The molecule has 36 heavy (non-hydrogen) atoms. The summed E-state index contributed by atoms with van der Waals surface area (Å²) in [5.41, 5.74) is 5.38. The first-order chi connectivity index (χ1) is 17.5. The number of nitrogens with one attached hydrogen (secondary N) is 1. The molecule has 0 bridgehead atoms. The third kappa shape index (κ3) is 5.92. The van der Waals surface area contributed by atoms with E-state index in [2.05, 4.69) is 29.6 Å². The van der Waals surface area contributed by atoms with Crippen LogP contribution in [0.15, 0.2) is 78.9 Å². The highest BCUT2D eigenvalue weighted by Gasteiger charge is 2.29. The van der Waals surface area contributed by atoms with Gasteiger partial charge in [0.05, 0.1) is 0 Å². The fraction of sp³-hybridized carbons (Fsp3) is 0.276. The highest BCUT2D eigenvalue weighted by molar-refractivity contribution is 5.82. The third-order valence-corrected chi connectivity index (χ3v) is 6.47. The molecule has 0 spiro atoms. The molecule has 3 aromatic carbocycles. The molecule has 1 aliphatic carbocycles. The van der Waals surface area contributed by atoms with Crippen LogP contribution in [0.2, 0.25) is 0 Å². The minimum absolute atomic E-state index is 0.0131. The molecule has 1 atom stereocenters. The summed E-state index contributed by atoms with van der Waals surface area (Å²) in [6.07, 6.45) is -0.104. The van der Waals surface area contributed by atoms with Gasteiger partial charge < -0.3 is 20.1 Å². The van der Waals surface area contributed by atoms with Crippen LogP contribution in [0.3, 0.4) is 0 Å². The Balaban J connectivity index is 1.36. The lowest BCUT2D eigenvalue weighted by Gasteiger charge is -2.24. The first kappa shape index (κ1) is 25.0. The van der Waals surface area contributed by atoms with Gasteiger partial charge in [-0.2, -0.15) is 0 Å². The number of fused-ring (bicyclic) bond motifs is 3. The van der Waals surface area contributed by atoms with E-state index in [0.29, 0.717) is 6.42 Å². The van der Waals surface area contributed by atoms with E-state index in [0.717, 1.165) is 27.8 Å². The highest BCUT2D eigenvalue weighted by atomic mass is 16.5. The molecule has 3 aromatic rings. The van der Waals surface area contributed by atoms with Crippen molar-refractivity contribution in [3.8, 4) is 11.1 Å². The molecule has 0 unspecified atom stereocenters. The van der Waals surface area contributed by atoms with Gasteiger partial charge in [0.2, 0.25) is 5.91 Å². The normalized spacial score (nSPS) is 12.8. The van der Waals surface area contributed by atoms with Crippen molar-refractivity contribution in [3.05, 3.63) is 95.6 Å². The minimum Gasteiger partial charge on any atom is -0.480 e. The largest absolute Gasteiger partial charge is 0.480 e. The summed E-state index contributed by atoms with van der Waals surface area (Å²) in [4.78, 5) is 38.2. The highest BCUT2D eigenvalue weighted by Crippen LogP contribution is 2.44. The lowest BCUT2D eigenvalue weighted by atomic mass is 9.98. The van der Waals surface area contributed by atoms with Crippen molar-refractivity contribution in [3.63, 3.8) is 0 Å². The van der Waals surface area contributed by atoms with Crippen molar-refractivity contribution in [2.24, 2.45) is 0 Å². The standard InChI is InChI=1S/C29H30N2O5/c1-2-21(16-27(32)31(18-28(33)34)17-20-10-4-3-5-11-20)30-29(35)36-19-26-24-14-8-6-12-22(24)23-13-7-9-15-25(23)26/h3-15,21,26H,2,16-19H2,1H3,(H,30,35)(H,33,34)/t21-/m1/s1. The van der Waals surface area contributed by atoms with E-state index in [-0.39, 0.29) is 31.4 Å². The summed E-state index contributed by atoms with van der Waals surface area (Å²) in [6.45, 7) is 1.83. The van der Waals surface area contributed by atoms with Crippen molar-refractivity contribution < 1.29 is 24.2 Å². The zero-order chi connectivity index (χ0) is 25.5. The second-order valence-electron chi connectivity index (χ2n) is 8.91. The van der Waals surface area contributed by atoms with E-state index in [9.17, 15) is 19.5 Å². The first-order valence-corrected chi connectivity index (χ1v) is 12.1. The van der Waals surface area contributed by atoms with Crippen LogP contribution in [-0.2, 0) is 20.9 Å². The molecule has 2 amide bonds.